The summed E-state index contributed by atoms with van der Waals surface area (Å²) in [5, 5.41) is 65.6. The minimum Gasteiger partial charge on any atom is -0.393 e. The predicted octanol–water partition coefficient (Wildman–Crippen LogP) is 2.90. The summed E-state index contributed by atoms with van der Waals surface area (Å²) in [6.07, 6.45) is 1.55. The van der Waals surface area contributed by atoms with E-state index in [9.17, 15) is 30.6 Å². The molecule has 2 spiro atoms. The molecule has 2 aliphatic heterocycles. The SMILES string of the molecule is CC(C)(O)[C@@H]1CC[C@](C)([C@H]2[C@@H](O)C[C@@]3(C)[C@@H]4[C@@H](O)C[C@H]5C(C)(C)[C@@H](O[C@@H]6OC[C@@H](O)[C@H](O)[C@H]6O)CC[C@@]56C[C@@]46CC[C@]23C)O1. The summed E-state index contributed by atoms with van der Waals surface area (Å²) in [6, 6.07) is 0. The second kappa shape index (κ2) is 9.63. The molecule has 16 atom stereocenters. The molecule has 0 aromatic carbocycles. The van der Waals surface area contributed by atoms with Crippen molar-refractivity contribution in [2.45, 2.75) is 166 Å². The van der Waals surface area contributed by atoms with E-state index in [0.29, 0.717) is 12.8 Å². The molecule has 0 amide bonds. The van der Waals surface area contributed by atoms with E-state index in [1.165, 1.54) is 0 Å². The van der Waals surface area contributed by atoms with Gasteiger partial charge in [-0.2, -0.15) is 0 Å². The molecule has 6 N–H and O–H groups in total. The van der Waals surface area contributed by atoms with Crippen LogP contribution in [0.1, 0.15) is 106 Å². The molecule has 44 heavy (non-hydrogen) atoms. The third-order valence-corrected chi connectivity index (χ3v) is 15.5. The lowest BCUT2D eigenvalue weighted by molar-refractivity contribution is -0.304. The first-order chi connectivity index (χ1) is 20.3. The van der Waals surface area contributed by atoms with Gasteiger partial charge in [-0.1, -0.05) is 27.7 Å². The van der Waals surface area contributed by atoms with E-state index in [1.54, 1.807) is 0 Å². The summed E-state index contributed by atoms with van der Waals surface area (Å²) < 4.78 is 18.7. The van der Waals surface area contributed by atoms with E-state index >= 15 is 0 Å². The van der Waals surface area contributed by atoms with Gasteiger partial charge in [0.05, 0.1) is 42.2 Å². The van der Waals surface area contributed by atoms with Gasteiger partial charge in [0.25, 0.3) is 0 Å². The van der Waals surface area contributed by atoms with Gasteiger partial charge < -0.3 is 44.8 Å². The topological polar surface area (TPSA) is 149 Å². The van der Waals surface area contributed by atoms with Crippen LogP contribution < -0.4 is 0 Å². The maximum absolute atomic E-state index is 12.2. The Kier molecular flexibility index (Phi) is 7.04. The van der Waals surface area contributed by atoms with Gasteiger partial charge in [0, 0.05) is 5.92 Å². The zero-order chi connectivity index (χ0) is 32.0. The zero-order valence-corrected chi connectivity index (χ0v) is 27.8. The van der Waals surface area contributed by atoms with Crippen LogP contribution in [-0.4, -0.2) is 97.5 Å². The molecule has 7 fully saturated rings. The lowest BCUT2D eigenvalue weighted by Gasteiger charge is -2.65. The molecule has 5 saturated carbocycles. The Hall–Kier alpha value is -0.360. The summed E-state index contributed by atoms with van der Waals surface area (Å²) in [6.45, 7) is 14.8. The van der Waals surface area contributed by atoms with Crippen LogP contribution in [0, 0.1) is 44.8 Å². The van der Waals surface area contributed by atoms with Crippen molar-refractivity contribution in [3.63, 3.8) is 0 Å². The Morgan fingerprint density at radius 1 is 0.750 bits per heavy atom. The van der Waals surface area contributed by atoms with Crippen LogP contribution in [0.3, 0.4) is 0 Å². The fraction of sp³-hybridized carbons (Fsp3) is 1.00. The van der Waals surface area contributed by atoms with Crippen molar-refractivity contribution >= 4 is 0 Å². The fourth-order valence-corrected chi connectivity index (χ4v) is 13.4. The molecule has 2 saturated heterocycles. The first-order valence-corrected chi connectivity index (χ1v) is 17.4. The molecule has 7 rings (SSSR count). The van der Waals surface area contributed by atoms with Crippen molar-refractivity contribution < 1.29 is 44.8 Å². The van der Waals surface area contributed by atoms with Gasteiger partial charge in [-0.05, 0) is 117 Å². The number of hydrogen-bond donors (Lipinski definition) is 6. The molecular formula is C35H58O9. The van der Waals surface area contributed by atoms with Gasteiger partial charge in [0.15, 0.2) is 6.29 Å². The third-order valence-electron chi connectivity index (χ3n) is 15.5. The highest BCUT2D eigenvalue weighted by Crippen LogP contribution is 2.89. The van der Waals surface area contributed by atoms with Gasteiger partial charge in [-0.15, -0.1) is 0 Å². The van der Waals surface area contributed by atoms with E-state index in [2.05, 4.69) is 34.6 Å². The van der Waals surface area contributed by atoms with Crippen molar-refractivity contribution in [2.24, 2.45) is 44.8 Å². The number of rotatable bonds is 4. The molecule has 0 bridgehead atoms. The summed E-state index contributed by atoms with van der Waals surface area (Å²) in [7, 11) is 0. The lowest BCUT2D eigenvalue weighted by atomic mass is 9.41. The summed E-state index contributed by atoms with van der Waals surface area (Å²) in [5.74, 6) is 0.253. The van der Waals surface area contributed by atoms with Gasteiger partial charge in [-0.25, -0.2) is 0 Å². The highest BCUT2D eigenvalue weighted by molar-refractivity contribution is 5.33. The lowest BCUT2D eigenvalue weighted by Crippen LogP contribution is -2.63. The van der Waals surface area contributed by atoms with E-state index in [1.807, 2.05) is 13.8 Å². The Balaban J connectivity index is 1.16. The van der Waals surface area contributed by atoms with E-state index in [0.717, 1.165) is 44.9 Å². The Morgan fingerprint density at radius 2 is 1.45 bits per heavy atom. The summed E-state index contributed by atoms with van der Waals surface area (Å²) >= 11 is 0. The molecule has 252 valence electrons. The zero-order valence-electron chi connectivity index (χ0n) is 27.8. The molecule has 0 unspecified atom stereocenters. The second-order valence-corrected chi connectivity index (χ2v) is 18.3. The molecular weight excluding hydrogens is 564 g/mol. The standard InChI is InChI=1S/C35H58O9/c1-29(2)21-14-18(36)27-32(6)15-19(37)26(33(7)10-8-23(44-33)30(3,4)41)31(32,5)12-13-35(27)17-34(21,35)11-9-22(29)43-28-25(40)24(39)20(38)16-42-28/h18-28,36-41H,8-17H2,1-7H3/t18-,19-,20+,21-,22-,23-,24-,25+,26-,27-,28-,31+,32-,33+,34+,35-/m0/s1. The Labute approximate surface area is 262 Å². The molecule has 2 heterocycles. The van der Waals surface area contributed by atoms with Crippen molar-refractivity contribution in [3.8, 4) is 0 Å². The van der Waals surface area contributed by atoms with Crippen molar-refractivity contribution in [3.05, 3.63) is 0 Å². The Bertz CT molecular complexity index is 1160. The van der Waals surface area contributed by atoms with Crippen LogP contribution in [0.25, 0.3) is 0 Å². The number of fused-ring (bicyclic) bond motifs is 2. The highest BCUT2D eigenvalue weighted by Gasteiger charge is 2.85. The van der Waals surface area contributed by atoms with Gasteiger partial charge in [-0.3, -0.25) is 0 Å². The number of aliphatic hydroxyl groups excluding tert-OH is 5. The smallest absolute Gasteiger partial charge is 0.186 e. The minimum absolute atomic E-state index is 0.0225. The van der Waals surface area contributed by atoms with Gasteiger partial charge in [0.2, 0.25) is 0 Å². The molecule has 0 radical (unpaired) electrons. The van der Waals surface area contributed by atoms with E-state index < -0.39 is 48.0 Å². The molecule has 0 aromatic rings. The monoisotopic (exact) mass is 622 g/mol. The molecule has 9 heteroatoms. The van der Waals surface area contributed by atoms with Crippen LogP contribution in [0.5, 0.6) is 0 Å². The van der Waals surface area contributed by atoms with Crippen LogP contribution in [0.15, 0.2) is 0 Å². The number of aliphatic hydroxyl groups is 6. The largest absolute Gasteiger partial charge is 0.393 e. The van der Waals surface area contributed by atoms with Gasteiger partial charge in [0.1, 0.15) is 18.3 Å². The summed E-state index contributed by atoms with van der Waals surface area (Å²) in [5.41, 5.74) is -2.10. The molecule has 9 nitrogen and oxygen atoms in total. The normalized spacial score (nSPS) is 59.8. The molecule has 5 aliphatic carbocycles. The molecule has 7 aliphatic rings. The maximum atomic E-state index is 12.2. The number of ether oxygens (including phenoxy) is 3. The number of hydrogen-bond acceptors (Lipinski definition) is 9. The van der Waals surface area contributed by atoms with Crippen LogP contribution in [-0.2, 0) is 14.2 Å². The highest BCUT2D eigenvalue weighted by atomic mass is 16.7. The molecule has 0 aromatic heterocycles. The van der Waals surface area contributed by atoms with Crippen molar-refractivity contribution in [1.29, 1.82) is 0 Å². The Morgan fingerprint density at radius 3 is 2.11 bits per heavy atom. The minimum atomic E-state index is -1.32. The first kappa shape index (κ1) is 32.2. The second-order valence-electron chi connectivity index (χ2n) is 18.3. The average molecular weight is 623 g/mol. The van der Waals surface area contributed by atoms with Crippen molar-refractivity contribution in [1.82, 2.24) is 0 Å². The van der Waals surface area contributed by atoms with E-state index in [-0.39, 0.29) is 63.6 Å². The maximum Gasteiger partial charge on any atom is 0.186 e. The first-order valence-electron chi connectivity index (χ1n) is 17.4. The predicted molar refractivity (Wildman–Crippen MR) is 161 cm³/mol. The quantitative estimate of drug-likeness (QED) is 0.260. The average Bonchev–Trinajstić information content (AvgIpc) is 3.27. The summed E-state index contributed by atoms with van der Waals surface area (Å²) in [4.78, 5) is 0. The van der Waals surface area contributed by atoms with E-state index in [4.69, 9.17) is 14.2 Å². The van der Waals surface area contributed by atoms with Crippen LogP contribution >= 0.6 is 0 Å². The third kappa shape index (κ3) is 3.97. The van der Waals surface area contributed by atoms with Crippen LogP contribution in [0.4, 0.5) is 0 Å². The van der Waals surface area contributed by atoms with Crippen LogP contribution in [0.2, 0.25) is 0 Å². The fourth-order valence-electron chi connectivity index (χ4n) is 13.4. The van der Waals surface area contributed by atoms with Gasteiger partial charge >= 0.3 is 0 Å². The van der Waals surface area contributed by atoms with Crippen molar-refractivity contribution in [2.75, 3.05) is 6.61 Å².